The zero-order valence-electron chi connectivity index (χ0n) is 10.3. The predicted octanol–water partition coefficient (Wildman–Crippen LogP) is 2.31. The Labute approximate surface area is 111 Å². The molecule has 0 saturated carbocycles. The van der Waals surface area contributed by atoms with E-state index in [1.807, 2.05) is 30.1 Å². The summed E-state index contributed by atoms with van der Waals surface area (Å²) in [6.45, 7) is 2.30. The number of hydrogen-bond acceptors (Lipinski definition) is 2. The van der Waals surface area contributed by atoms with Crippen LogP contribution in [0, 0.1) is 6.92 Å². The SMILES string of the molecule is Cc1cc(C(=O)NCc2ccn(C)c2)cc(Cl)n1. The first-order valence-corrected chi connectivity index (χ1v) is 5.95. The van der Waals surface area contributed by atoms with Crippen LogP contribution in [0.5, 0.6) is 0 Å². The van der Waals surface area contributed by atoms with E-state index in [4.69, 9.17) is 11.6 Å². The van der Waals surface area contributed by atoms with Gasteiger partial charge in [0.2, 0.25) is 0 Å². The summed E-state index contributed by atoms with van der Waals surface area (Å²) in [6.07, 6.45) is 3.90. The molecule has 18 heavy (non-hydrogen) atoms. The van der Waals surface area contributed by atoms with Crippen molar-refractivity contribution in [1.82, 2.24) is 14.9 Å². The van der Waals surface area contributed by atoms with Gasteiger partial charge in [-0.1, -0.05) is 11.6 Å². The van der Waals surface area contributed by atoms with Crippen molar-refractivity contribution in [3.05, 3.63) is 52.6 Å². The number of halogens is 1. The Bertz CT molecular complexity index is 557. The van der Waals surface area contributed by atoms with E-state index in [2.05, 4.69) is 10.3 Å². The molecule has 2 aromatic rings. The predicted molar refractivity (Wildman–Crippen MR) is 70.6 cm³/mol. The molecule has 0 fully saturated rings. The largest absolute Gasteiger partial charge is 0.357 e. The van der Waals surface area contributed by atoms with Crippen molar-refractivity contribution >= 4 is 17.5 Å². The van der Waals surface area contributed by atoms with Gasteiger partial charge in [-0.05, 0) is 30.7 Å². The summed E-state index contributed by atoms with van der Waals surface area (Å²) in [5.74, 6) is -0.147. The molecule has 0 atom stereocenters. The van der Waals surface area contributed by atoms with Gasteiger partial charge in [0, 0.05) is 37.2 Å². The smallest absolute Gasteiger partial charge is 0.251 e. The fourth-order valence-corrected chi connectivity index (χ4v) is 1.96. The zero-order valence-corrected chi connectivity index (χ0v) is 11.0. The molecular formula is C13H14ClN3O. The van der Waals surface area contributed by atoms with Crippen LogP contribution in [0.15, 0.2) is 30.6 Å². The summed E-state index contributed by atoms with van der Waals surface area (Å²) in [5, 5.41) is 3.18. The molecule has 1 N–H and O–H groups in total. The monoisotopic (exact) mass is 263 g/mol. The fraction of sp³-hybridized carbons (Fsp3) is 0.231. The lowest BCUT2D eigenvalue weighted by Crippen LogP contribution is -2.22. The fourth-order valence-electron chi connectivity index (χ4n) is 1.71. The van der Waals surface area contributed by atoms with E-state index in [1.54, 1.807) is 19.1 Å². The van der Waals surface area contributed by atoms with Gasteiger partial charge in [0.25, 0.3) is 5.91 Å². The second-order valence-electron chi connectivity index (χ2n) is 4.19. The van der Waals surface area contributed by atoms with E-state index < -0.39 is 0 Å². The average Bonchev–Trinajstić information content (AvgIpc) is 2.70. The molecule has 2 rings (SSSR count). The van der Waals surface area contributed by atoms with Crippen molar-refractivity contribution in [3.63, 3.8) is 0 Å². The normalized spacial score (nSPS) is 10.4. The first kappa shape index (κ1) is 12.6. The first-order chi connectivity index (χ1) is 8.54. The third kappa shape index (κ3) is 3.11. The van der Waals surface area contributed by atoms with Crippen molar-refractivity contribution < 1.29 is 4.79 Å². The van der Waals surface area contributed by atoms with Crippen LogP contribution in [0.4, 0.5) is 0 Å². The second-order valence-corrected chi connectivity index (χ2v) is 4.58. The highest BCUT2D eigenvalue weighted by Crippen LogP contribution is 2.10. The molecule has 1 amide bonds. The second kappa shape index (κ2) is 5.23. The standard InChI is InChI=1S/C13H14ClN3O/c1-9-5-11(6-12(14)16-9)13(18)15-7-10-3-4-17(2)8-10/h3-6,8H,7H2,1-2H3,(H,15,18). The summed E-state index contributed by atoms with van der Waals surface area (Å²) < 4.78 is 1.94. The van der Waals surface area contributed by atoms with Gasteiger partial charge in [-0.15, -0.1) is 0 Å². The molecule has 0 unspecified atom stereocenters. The van der Waals surface area contributed by atoms with Crippen LogP contribution >= 0.6 is 11.6 Å². The summed E-state index contributed by atoms with van der Waals surface area (Å²) in [6, 6.07) is 5.24. The number of pyridine rings is 1. The average molecular weight is 264 g/mol. The Morgan fingerprint density at radius 2 is 2.28 bits per heavy atom. The molecule has 0 spiro atoms. The Balaban J connectivity index is 2.03. The van der Waals surface area contributed by atoms with Crippen molar-refractivity contribution in [2.75, 3.05) is 0 Å². The number of nitrogens with zero attached hydrogens (tertiary/aromatic N) is 2. The van der Waals surface area contributed by atoms with E-state index in [0.717, 1.165) is 11.3 Å². The molecule has 0 radical (unpaired) electrons. The van der Waals surface area contributed by atoms with E-state index in [-0.39, 0.29) is 5.91 Å². The maximum absolute atomic E-state index is 11.9. The molecule has 5 heteroatoms. The van der Waals surface area contributed by atoms with Gasteiger partial charge in [-0.2, -0.15) is 0 Å². The third-order valence-corrected chi connectivity index (χ3v) is 2.72. The van der Waals surface area contributed by atoms with Crippen LogP contribution in [0.2, 0.25) is 5.15 Å². The Kier molecular flexibility index (Phi) is 3.67. The summed E-state index contributed by atoms with van der Waals surface area (Å²) in [4.78, 5) is 15.9. The Morgan fingerprint density at radius 3 is 2.89 bits per heavy atom. The van der Waals surface area contributed by atoms with Gasteiger partial charge in [-0.3, -0.25) is 4.79 Å². The molecule has 0 aliphatic carbocycles. The van der Waals surface area contributed by atoms with Crippen LogP contribution in [0.3, 0.4) is 0 Å². The van der Waals surface area contributed by atoms with Gasteiger partial charge in [0.1, 0.15) is 5.15 Å². The molecule has 0 aromatic carbocycles. The van der Waals surface area contributed by atoms with Gasteiger partial charge >= 0.3 is 0 Å². The number of hydrogen-bond donors (Lipinski definition) is 1. The van der Waals surface area contributed by atoms with E-state index in [0.29, 0.717) is 17.3 Å². The highest BCUT2D eigenvalue weighted by Gasteiger charge is 2.07. The van der Waals surface area contributed by atoms with Crippen LogP contribution < -0.4 is 5.32 Å². The molecule has 0 aliphatic heterocycles. The molecule has 94 valence electrons. The summed E-state index contributed by atoms with van der Waals surface area (Å²) in [7, 11) is 1.94. The van der Waals surface area contributed by atoms with Crippen LogP contribution in [-0.4, -0.2) is 15.5 Å². The van der Waals surface area contributed by atoms with Crippen LogP contribution in [0.1, 0.15) is 21.6 Å². The molecule has 0 saturated heterocycles. The van der Waals surface area contributed by atoms with Gasteiger partial charge in [0.05, 0.1) is 0 Å². The lowest BCUT2D eigenvalue weighted by Gasteiger charge is -2.05. The van der Waals surface area contributed by atoms with Gasteiger partial charge < -0.3 is 9.88 Å². The van der Waals surface area contributed by atoms with Gasteiger partial charge in [0.15, 0.2) is 0 Å². The maximum atomic E-state index is 11.9. The number of carbonyl (C=O) groups is 1. The summed E-state index contributed by atoms with van der Waals surface area (Å²) >= 11 is 5.82. The number of rotatable bonds is 3. The number of nitrogens with one attached hydrogen (secondary N) is 1. The first-order valence-electron chi connectivity index (χ1n) is 5.58. The Morgan fingerprint density at radius 1 is 1.50 bits per heavy atom. The number of aromatic nitrogens is 2. The minimum absolute atomic E-state index is 0.147. The van der Waals surface area contributed by atoms with Crippen molar-refractivity contribution in [3.8, 4) is 0 Å². The van der Waals surface area contributed by atoms with Crippen LogP contribution in [-0.2, 0) is 13.6 Å². The maximum Gasteiger partial charge on any atom is 0.251 e. The highest BCUT2D eigenvalue weighted by atomic mass is 35.5. The minimum atomic E-state index is -0.147. The quantitative estimate of drug-likeness (QED) is 0.864. The Hall–Kier alpha value is -1.81. The number of carbonyl (C=O) groups excluding carboxylic acids is 1. The molecule has 2 aromatic heterocycles. The lowest BCUT2D eigenvalue weighted by molar-refractivity contribution is 0.0950. The molecule has 2 heterocycles. The third-order valence-electron chi connectivity index (χ3n) is 2.53. The van der Waals surface area contributed by atoms with E-state index in [9.17, 15) is 4.79 Å². The molecule has 0 bridgehead atoms. The zero-order chi connectivity index (χ0) is 13.1. The highest BCUT2D eigenvalue weighted by molar-refractivity contribution is 6.29. The summed E-state index contributed by atoms with van der Waals surface area (Å²) in [5.41, 5.74) is 2.32. The van der Waals surface area contributed by atoms with E-state index >= 15 is 0 Å². The van der Waals surface area contributed by atoms with Crippen molar-refractivity contribution in [2.24, 2.45) is 7.05 Å². The molecule has 0 aliphatic rings. The topological polar surface area (TPSA) is 46.9 Å². The number of aryl methyl sites for hydroxylation is 2. The van der Waals surface area contributed by atoms with Crippen molar-refractivity contribution in [2.45, 2.75) is 13.5 Å². The van der Waals surface area contributed by atoms with Crippen molar-refractivity contribution in [1.29, 1.82) is 0 Å². The number of amides is 1. The van der Waals surface area contributed by atoms with E-state index in [1.165, 1.54) is 0 Å². The molecule has 4 nitrogen and oxygen atoms in total. The molecular weight excluding hydrogens is 250 g/mol. The lowest BCUT2D eigenvalue weighted by atomic mass is 10.2. The van der Waals surface area contributed by atoms with Crippen LogP contribution in [0.25, 0.3) is 0 Å². The van der Waals surface area contributed by atoms with Gasteiger partial charge in [-0.25, -0.2) is 4.98 Å². The minimum Gasteiger partial charge on any atom is -0.357 e.